The highest BCUT2D eigenvalue weighted by Crippen LogP contribution is 2.29. The molecule has 2 heterocycles. The molecular weight excluding hydrogens is 436 g/mol. The number of hydrogen-bond donors (Lipinski definition) is 2. The van der Waals surface area contributed by atoms with Crippen molar-refractivity contribution in [2.75, 3.05) is 36.2 Å². The first-order valence-corrected chi connectivity index (χ1v) is 11.8. The van der Waals surface area contributed by atoms with Crippen molar-refractivity contribution < 1.29 is 9.59 Å². The predicted molar refractivity (Wildman–Crippen MR) is 133 cm³/mol. The van der Waals surface area contributed by atoms with Crippen molar-refractivity contribution in [2.45, 2.75) is 32.2 Å². The number of nitrogens with one attached hydrogen (secondary N) is 2. The van der Waals surface area contributed by atoms with Crippen LogP contribution in [0.25, 0.3) is 10.6 Å². The van der Waals surface area contributed by atoms with Crippen LogP contribution >= 0.6 is 11.3 Å². The maximum Gasteiger partial charge on any atom is 0.322 e. The quantitative estimate of drug-likeness (QED) is 0.562. The van der Waals surface area contributed by atoms with Crippen molar-refractivity contribution >= 4 is 39.8 Å². The molecule has 0 aliphatic carbocycles. The van der Waals surface area contributed by atoms with Gasteiger partial charge in [-0.05, 0) is 61.2 Å². The fourth-order valence-corrected chi connectivity index (χ4v) is 4.53. The molecule has 0 saturated carbocycles. The highest BCUT2D eigenvalue weighted by atomic mass is 32.1. The maximum absolute atomic E-state index is 12.9. The molecule has 1 saturated heterocycles. The molecule has 3 amide bonds. The average molecular weight is 465 g/mol. The van der Waals surface area contributed by atoms with Crippen LogP contribution in [0.3, 0.4) is 0 Å². The Bertz CT molecular complexity index is 1110. The minimum atomic E-state index is -0.536. The monoisotopic (exact) mass is 464 g/mol. The molecule has 0 spiro atoms. The molecular formula is C24H28N6O2S. The lowest BCUT2D eigenvalue weighted by molar-refractivity contribution is -0.119. The van der Waals surface area contributed by atoms with E-state index in [1.165, 1.54) is 16.9 Å². The van der Waals surface area contributed by atoms with Crippen LogP contribution in [0, 0.1) is 0 Å². The molecule has 1 unspecified atom stereocenters. The summed E-state index contributed by atoms with van der Waals surface area (Å²) in [6.45, 7) is 2.62. The third kappa shape index (κ3) is 5.31. The van der Waals surface area contributed by atoms with Crippen LogP contribution in [0.2, 0.25) is 0 Å². The molecule has 2 N–H and O–H groups in total. The first-order chi connectivity index (χ1) is 15.9. The van der Waals surface area contributed by atoms with Crippen LogP contribution < -0.4 is 15.5 Å². The molecule has 33 heavy (non-hydrogen) atoms. The number of carbonyl (C=O) groups is 2. The number of hydrogen-bond acceptors (Lipinski definition) is 6. The molecule has 1 aliphatic rings. The second kappa shape index (κ2) is 9.99. The van der Waals surface area contributed by atoms with Gasteiger partial charge in [-0.2, -0.15) is 0 Å². The first kappa shape index (κ1) is 22.7. The molecule has 1 fully saturated rings. The van der Waals surface area contributed by atoms with Crippen LogP contribution in [0.5, 0.6) is 0 Å². The number of anilines is 3. The zero-order chi connectivity index (χ0) is 23.4. The van der Waals surface area contributed by atoms with E-state index in [-0.39, 0.29) is 11.9 Å². The Kier molecular flexibility index (Phi) is 6.88. The van der Waals surface area contributed by atoms with Gasteiger partial charge in [0, 0.05) is 37.6 Å². The van der Waals surface area contributed by atoms with Gasteiger partial charge in [0.1, 0.15) is 11.0 Å². The van der Waals surface area contributed by atoms with Crippen LogP contribution in [0.1, 0.15) is 25.3 Å². The zero-order valence-corrected chi connectivity index (χ0v) is 19.9. The number of aromatic nitrogens is 2. The lowest BCUT2D eigenvalue weighted by Gasteiger charge is -2.23. The molecule has 1 atom stereocenters. The van der Waals surface area contributed by atoms with Crippen LogP contribution in [-0.2, 0) is 11.2 Å². The van der Waals surface area contributed by atoms with Gasteiger partial charge in [0.2, 0.25) is 11.0 Å². The van der Waals surface area contributed by atoms with Gasteiger partial charge in [-0.3, -0.25) is 10.1 Å². The van der Waals surface area contributed by atoms with Crippen LogP contribution in [0.15, 0.2) is 48.5 Å². The second-order valence-electron chi connectivity index (χ2n) is 8.17. The summed E-state index contributed by atoms with van der Waals surface area (Å²) < 4.78 is 0. The molecule has 8 nitrogen and oxygen atoms in total. The largest absolute Gasteiger partial charge is 0.378 e. The standard InChI is InChI=1S/C24H28N6O2S/c1-4-16-7-11-18(12-8-16)25-24(32)30-15-5-6-20(30)21(31)26-23-28-27-22(33-23)17-9-13-19(14-10-17)29(2)3/h7-14,20H,4-6,15H2,1-3H3,(H,25,32)(H,26,28,31). The fourth-order valence-electron chi connectivity index (χ4n) is 3.78. The summed E-state index contributed by atoms with van der Waals surface area (Å²) in [6.07, 6.45) is 2.34. The van der Waals surface area contributed by atoms with Gasteiger partial charge in [0.15, 0.2) is 0 Å². The summed E-state index contributed by atoms with van der Waals surface area (Å²) in [7, 11) is 3.98. The van der Waals surface area contributed by atoms with E-state index < -0.39 is 6.04 Å². The number of aryl methyl sites for hydroxylation is 1. The second-order valence-corrected chi connectivity index (χ2v) is 9.15. The number of rotatable bonds is 6. The number of benzene rings is 2. The van der Waals surface area contributed by atoms with Gasteiger partial charge < -0.3 is 15.1 Å². The topological polar surface area (TPSA) is 90.5 Å². The van der Waals surface area contributed by atoms with Crippen molar-refractivity contribution in [1.82, 2.24) is 15.1 Å². The number of urea groups is 1. The van der Waals surface area contributed by atoms with E-state index in [1.54, 1.807) is 4.90 Å². The number of nitrogens with zero attached hydrogens (tertiary/aromatic N) is 4. The molecule has 172 valence electrons. The normalized spacial score (nSPS) is 15.4. The minimum absolute atomic E-state index is 0.241. The third-order valence-electron chi connectivity index (χ3n) is 5.72. The highest BCUT2D eigenvalue weighted by molar-refractivity contribution is 7.18. The van der Waals surface area contributed by atoms with E-state index in [0.717, 1.165) is 34.8 Å². The molecule has 0 radical (unpaired) electrons. The van der Waals surface area contributed by atoms with Crippen LogP contribution in [0.4, 0.5) is 21.3 Å². The molecule has 0 bridgehead atoms. The number of likely N-dealkylation sites (tertiary alicyclic amines) is 1. The van der Waals surface area contributed by atoms with E-state index >= 15 is 0 Å². The van der Waals surface area contributed by atoms with Crippen molar-refractivity contribution in [3.63, 3.8) is 0 Å². The molecule has 2 aromatic carbocycles. The average Bonchev–Trinajstić information content (AvgIpc) is 3.50. The molecule has 9 heteroatoms. The Hall–Kier alpha value is -3.46. The molecule has 1 aromatic heterocycles. The third-order valence-corrected chi connectivity index (χ3v) is 6.60. The van der Waals surface area contributed by atoms with Gasteiger partial charge in [0.05, 0.1) is 0 Å². The smallest absolute Gasteiger partial charge is 0.322 e. The van der Waals surface area contributed by atoms with Crippen molar-refractivity contribution in [3.8, 4) is 10.6 Å². The van der Waals surface area contributed by atoms with Gasteiger partial charge in [-0.1, -0.05) is 30.4 Å². The summed E-state index contributed by atoms with van der Waals surface area (Å²) in [4.78, 5) is 29.4. The number of carbonyl (C=O) groups excluding carboxylic acids is 2. The predicted octanol–water partition coefficient (Wildman–Crippen LogP) is 4.47. The molecule has 1 aliphatic heterocycles. The van der Waals surface area contributed by atoms with Crippen molar-refractivity contribution in [3.05, 3.63) is 54.1 Å². The minimum Gasteiger partial charge on any atom is -0.378 e. The summed E-state index contributed by atoms with van der Waals surface area (Å²) in [6, 6.07) is 14.9. The summed E-state index contributed by atoms with van der Waals surface area (Å²) >= 11 is 1.32. The summed E-state index contributed by atoms with van der Waals surface area (Å²) in [5.74, 6) is -0.241. The Morgan fingerprint density at radius 1 is 1.06 bits per heavy atom. The maximum atomic E-state index is 12.9. The Labute approximate surface area is 197 Å². The van der Waals surface area contributed by atoms with E-state index in [4.69, 9.17) is 0 Å². The van der Waals surface area contributed by atoms with E-state index in [1.807, 2.05) is 67.5 Å². The molecule has 3 aromatic rings. The SMILES string of the molecule is CCc1ccc(NC(=O)N2CCCC2C(=O)Nc2nnc(-c3ccc(N(C)C)cc3)s2)cc1. The summed E-state index contributed by atoms with van der Waals surface area (Å²) in [5, 5.41) is 15.2. The molecule has 4 rings (SSSR count). The van der Waals surface area contributed by atoms with Gasteiger partial charge >= 0.3 is 6.03 Å². The Morgan fingerprint density at radius 3 is 2.45 bits per heavy atom. The Morgan fingerprint density at radius 2 is 1.79 bits per heavy atom. The lowest BCUT2D eigenvalue weighted by atomic mass is 10.1. The lowest BCUT2D eigenvalue weighted by Crippen LogP contribution is -2.45. The van der Waals surface area contributed by atoms with Gasteiger partial charge in [0.25, 0.3) is 0 Å². The Balaban J connectivity index is 1.38. The fraction of sp³-hybridized carbons (Fsp3) is 0.333. The van der Waals surface area contributed by atoms with Gasteiger partial charge in [-0.25, -0.2) is 4.79 Å². The zero-order valence-electron chi connectivity index (χ0n) is 19.0. The van der Waals surface area contributed by atoms with E-state index in [9.17, 15) is 9.59 Å². The van der Waals surface area contributed by atoms with Gasteiger partial charge in [-0.15, -0.1) is 10.2 Å². The highest BCUT2D eigenvalue weighted by Gasteiger charge is 2.34. The van der Waals surface area contributed by atoms with Crippen molar-refractivity contribution in [2.24, 2.45) is 0 Å². The summed E-state index contributed by atoms with van der Waals surface area (Å²) in [5.41, 5.74) is 3.96. The van der Waals surface area contributed by atoms with Crippen molar-refractivity contribution in [1.29, 1.82) is 0 Å². The number of amides is 3. The van der Waals surface area contributed by atoms with E-state index in [2.05, 4.69) is 27.8 Å². The first-order valence-electron chi connectivity index (χ1n) is 11.0. The van der Waals surface area contributed by atoms with E-state index in [0.29, 0.717) is 18.1 Å². The van der Waals surface area contributed by atoms with Crippen LogP contribution in [-0.4, -0.2) is 53.7 Å².